The fourth-order valence-electron chi connectivity index (χ4n) is 5.82. The van der Waals surface area contributed by atoms with Crippen molar-refractivity contribution in [1.82, 2.24) is 19.5 Å². The summed E-state index contributed by atoms with van der Waals surface area (Å²) in [6.07, 6.45) is 9.83. The van der Waals surface area contributed by atoms with Crippen LogP contribution in [-0.2, 0) is 6.42 Å². The lowest BCUT2D eigenvalue weighted by atomic mass is 9.89. The number of nitrogens with zero attached hydrogens (tertiary/aromatic N) is 4. The molecular weight excluding hydrogens is 450 g/mol. The van der Waals surface area contributed by atoms with Gasteiger partial charge < -0.3 is 20.1 Å². The Labute approximate surface area is 210 Å². The van der Waals surface area contributed by atoms with E-state index < -0.39 is 6.10 Å². The molecule has 36 heavy (non-hydrogen) atoms. The fourth-order valence-corrected chi connectivity index (χ4v) is 5.82. The van der Waals surface area contributed by atoms with Gasteiger partial charge in [-0.3, -0.25) is 0 Å². The summed E-state index contributed by atoms with van der Waals surface area (Å²) in [5, 5.41) is 26.9. The van der Waals surface area contributed by atoms with E-state index in [-0.39, 0.29) is 24.5 Å². The van der Waals surface area contributed by atoms with Crippen LogP contribution in [0.5, 0.6) is 0 Å². The molecule has 3 N–H and O–H groups in total. The summed E-state index contributed by atoms with van der Waals surface area (Å²) in [5.41, 5.74) is 3.83. The zero-order valence-corrected chi connectivity index (χ0v) is 20.4. The predicted octanol–water partition coefficient (Wildman–Crippen LogP) is 4.61. The number of benzene rings is 1. The van der Waals surface area contributed by atoms with Gasteiger partial charge in [0.15, 0.2) is 0 Å². The van der Waals surface area contributed by atoms with Gasteiger partial charge in [0.05, 0.1) is 23.4 Å². The second-order valence-electron chi connectivity index (χ2n) is 10.4. The third-order valence-corrected chi connectivity index (χ3v) is 8.11. The van der Waals surface area contributed by atoms with E-state index in [0.29, 0.717) is 0 Å². The van der Waals surface area contributed by atoms with E-state index in [4.69, 9.17) is 4.98 Å². The summed E-state index contributed by atoms with van der Waals surface area (Å²) >= 11 is 0. The first-order valence-corrected chi connectivity index (χ1v) is 13.0. The lowest BCUT2D eigenvalue weighted by Gasteiger charge is -2.21. The summed E-state index contributed by atoms with van der Waals surface area (Å²) in [6.45, 7) is 4.82. The molecule has 1 aromatic carbocycles. The molecule has 7 nitrogen and oxygen atoms in total. The van der Waals surface area contributed by atoms with E-state index in [1.165, 1.54) is 18.4 Å². The number of fused-ring (bicyclic) bond motifs is 2. The number of nitrogens with one attached hydrogen (secondary N) is 1. The van der Waals surface area contributed by atoms with Crippen LogP contribution in [0.2, 0.25) is 0 Å². The Morgan fingerprint density at radius 2 is 2.00 bits per heavy atom. The number of hydrogen-bond donors (Lipinski definition) is 3. The summed E-state index contributed by atoms with van der Waals surface area (Å²) < 4.78 is 2.05. The molecule has 6 rings (SSSR count). The maximum Gasteiger partial charge on any atom is 0.144 e. The average Bonchev–Trinajstić information content (AvgIpc) is 3.56. The van der Waals surface area contributed by atoms with Crippen molar-refractivity contribution in [2.45, 2.75) is 44.2 Å². The highest BCUT2D eigenvalue weighted by atomic mass is 16.3. The number of hydrogen-bond acceptors (Lipinski definition) is 6. The van der Waals surface area contributed by atoms with Gasteiger partial charge >= 0.3 is 0 Å². The van der Waals surface area contributed by atoms with E-state index in [2.05, 4.69) is 52.2 Å². The van der Waals surface area contributed by atoms with E-state index in [0.717, 1.165) is 65.2 Å². The Morgan fingerprint density at radius 1 is 1.14 bits per heavy atom. The monoisotopic (exact) mass is 483 g/mol. The highest BCUT2D eigenvalue weighted by molar-refractivity contribution is 5.84. The highest BCUT2D eigenvalue weighted by Gasteiger charge is 2.42. The summed E-state index contributed by atoms with van der Waals surface area (Å²) in [4.78, 5) is 13.6. The Morgan fingerprint density at radius 3 is 2.81 bits per heavy atom. The molecule has 0 aliphatic heterocycles. The van der Waals surface area contributed by atoms with Gasteiger partial charge in [-0.15, -0.1) is 0 Å². The SMILES string of the molecule is C=Cc1ncnc2c1ccn2[C@@H]1C[C@H](CCc2ccc3ccc(NCC4CC4)nc3c2)[C@@H](CO)[C@H]1O. The molecule has 186 valence electrons. The molecule has 4 aromatic rings. The molecular formula is C29H33N5O2. The van der Waals surface area contributed by atoms with Crippen molar-refractivity contribution in [2.75, 3.05) is 18.5 Å². The Bertz CT molecular complexity index is 1400. The molecule has 0 unspecified atom stereocenters. The van der Waals surface area contributed by atoms with Crippen molar-refractivity contribution in [3.63, 3.8) is 0 Å². The number of aryl methyl sites for hydroxylation is 1. The number of anilines is 1. The molecule has 2 aliphatic carbocycles. The van der Waals surface area contributed by atoms with Gasteiger partial charge in [-0.1, -0.05) is 18.7 Å². The van der Waals surface area contributed by atoms with Crippen LogP contribution in [0, 0.1) is 17.8 Å². The molecule has 0 bridgehead atoms. The number of aliphatic hydroxyl groups excluding tert-OH is 2. The number of pyridine rings is 1. The largest absolute Gasteiger partial charge is 0.396 e. The normalized spacial score (nSPS) is 23.9. The smallest absolute Gasteiger partial charge is 0.144 e. The van der Waals surface area contributed by atoms with Gasteiger partial charge in [-0.2, -0.15) is 0 Å². The number of rotatable bonds is 9. The Kier molecular flexibility index (Phi) is 6.19. The number of aliphatic hydroxyl groups is 2. The standard InChI is InChI=1S/C29H33N5O2/c1-2-24-22-11-12-34(29(22)32-17-31-24)26-14-21(23(16-35)28(26)36)8-6-18-5-7-20-9-10-27(33-25(20)13-18)30-15-19-3-4-19/h2,5,7,9-13,17,19,21,23,26,28,35-36H,1,3-4,6,8,14-16H2,(H,30,33)/t21-,23+,26+,28+/m0/s1. The van der Waals surface area contributed by atoms with Crippen molar-refractivity contribution in [2.24, 2.45) is 17.8 Å². The van der Waals surface area contributed by atoms with Crippen LogP contribution in [-0.4, -0.2) is 49.0 Å². The molecule has 2 saturated carbocycles. The molecule has 3 heterocycles. The summed E-state index contributed by atoms with van der Waals surface area (Å²) in [7, 11) is 0. The van der Waals surface area contributed by atoms with Gasteiger partial charge in [-0.25, -0.2) is 15.0 Å². The van der Waals surface area contributed by atoms with Gasteiger partial charge in [-0.05, 0) is 79.8 Å². The summed E-state index contributed by atoms with van der Waals surface area (Å²) in [6, 6.07) is 12.5. The molecule has 2 fully saturated rings. The van der Waals surface area contributed by atoms with Crippen LogP contribution < -0.4 is 5.32 Å². The van der Waals surface area contributed by atoms with E-state index in [1.54, 1.807) is 12.4 Å². The first kappa shape index (κ1) is 23.1. The van der Waals surface area contributed by atoms with E-state index in [1.807, 2.05) is 16.8 Å². The lowest BCUT2D eigenvalue weighted by Crippen LogP contribution is -2.27. The Hall–Kier alpha value is -3.29. The molecule has 0 amide bonds. The fraction of sp³-hybridized carbons (Fsp3) is 0.414. The summed E-state index contributed by atoms with van der Waals surface area (Å²) in [5.74, 6) is 1.80. The topological polar surface area (TPSA) is 96.1 Å². The molecule has 0 radical (unpaired) electrons. The van der Waals surface area contributed by atoms with Crippen LogP contribution in [0.3, 0.4) is 0 Å². The zero-order valence-electron chi connectivity index (χ0n) is 20.4. The quantitative estimate of drug-likeness (QED) is 0.322. The second kappa shape index (κ2) is 9.64. The van der Waals surface area contributed by atoms with Crippen molar-refractivity contribution in [3.8, 4) is 0 Å². The third kappa shape index (κ3) is 4.38. The Balaban J connectivity index is 1.18. The van der Waals surface area contributed by atoms with E-state index in [9.17, 15) is 10.2 Å². The van der Waals surface area contributed by atoms with Crippen LogP contribution >= 0.6 is 0 Å². The van der Waals surface area contributed by atoms with Crippen LogP contribution in [0.4, 0.5) is 5.82 Å². The molecule has 0 saturated heterocycles. The molecule has 3 aromatic heterocycles. The maximum absolute atomic E-state index is 11.2. The van der Waals surface area contributed by atoms with Crippen molar-refractivity contribution in [1.29, 1.82) is 0 Å². The zero-order chi connectivity index (χ0) is 24.6. The van der Waals surface area contributed by atoms with Gasteiger partial charge in [0, 0.05) is 36.0 Å². The van der Waals surface area contributed by atoms with Gasteiger partial charge in [0.1, 0.15) is 17.8 Å². The van der Waals surface area contributed by atoms with Crippen LogP contribution in [0.15, 0.2) is 55.5 Å². The third-order valence-electron chi connectivity index (χ3n) is 8.11. The first-order chi connectivity index (χ1) is 17.6. The molecule has 4 atom stereocenters. The minimum Gasteiger partial charge on any atom is -0.396 e. The van der Waals surface area contributed by atoms with Crippen LogP contribution in [0.1, 0.15) is 43.0 Å². The van der Waals surface area contributed by atoms with Gasteiger partial charge in [0.2, 0.25) is 0 Å². The second-order valence-corrected chi connectivity index (χ2v) is 10.4. The van der Waals surface area contributed by atoms with Crippen molar-refractivity contribution >= 4 is 33.8 Å². The first-order valence-electron chi connectivity index (χ1n) is 13.0. The lowest BCUT2D eigenvalue weighted by molar-refractivity contribution is 0.0515. The maximum atomic E-state index is 11.2. The van der Waals surface area contributed by atoms with Crippen LogP contribution in [0.25, 0.3) is 28.0 Å². The highest BCUT2D eigenvalue weighted by Crippen LogP contribution is 2.43. The number of aromatic nitrogens is 4. The molecule has 0 spiro atoms. The predicted molar refractivity (Wildman–Crippen MR) is 143 cm³/mol. The average molecular weight is 484 g/mol. The molecule has 2 aliphatic rings. The molecule has 7 heteroatoms. The van der Waals surface area contributed by atoms with Crippen molar-refractivity contribution < 1.29 is 10.2 Å². The van der Waals surface area contributed by atoms with Gasteiger partial charge in [0.25, 0.3) is 0 Å². The minimum atomic E-state index is -0.629. The van der Waals surface area contributed by atoms with Crippen molar-refractivity contribution in [3.05, 3.63) is 66.8 Å². The minimum absolute atomic E-state index is 0.0241. The van der Waals surface area contributed by atoms with E-state index >= 15 is 0 Å².